The first-order valence-corrected chi connectivity index (χ1v) is 7.22. The summed E-state index contributed by atoms with van der Waals surface area (Å²) in [5.41, 5.74) is 2.40. The SMILES string of the molecule is CCCN(CCN(C)C)c1ccnc(CNCC)c1. The fraction of sp³-hybridized carbons (Fsp3) is 0.667. The molecule has 19 heavy (non-hydrogen) atoms. The first kappa shape index (κ1) is 15.9. The van der Waals surface area contributed by atoms with E-state index in [4.69, 9.17) is 0 Å². The second-order valence-electron chi connectivity index (χ2n) is 5.08. The predicted octanol–water partition coefficient (Wildman–Crippen LogP) is 1.97. The maximum absolute atomic E-state index is 4.42. The molecule has 108 valence electrons. The van der Waals surface area contributed by atoms with Gasteiger partial charge in [-0.05, 0) is 39.2 Å². The van der Waals surface area contributed by atoms with Gasteiger partial charge in [0.2, 0.25) is 0 Å². The van der Waals surface area contributed by atoms with Gasteiger partial charge < -0.3 is 15.1 Å². The van der Waals surface area contributed by atoms with Crippen molar-refractivity contribution in [1.29, 1.82) is 0 Å². The summed E-state index contributed by atoms with van der Waals surface area (Å²) < 4.78 is 0. The molecule has 0 saturated heterocycles. The molecule has 0 fully saturated rings. The van der Waals surface area contributed by atoms with Crippen molar-refractivity contribution in [1.82, 2.24) is 15.2 Å². The van der Waals surface area contributed by atoms with E-state index in [2.05, 4.69) is 60.2 Å². The van der Waals surface area contributed by atoms with Gasteiger partial charge in [-0.2, -0.15) is 0 Å². The topological polar surface area (TPSA) is 31.4 Å². The average Bonchev–Trinajstić information content (AvgIpc) is 2.41. The van der Waals surface area contributed by atoms with Crippen LogP contribution >= 0.6 is 0 Å². The van der Waals surface area contributed by atoms with Gasteiger partial charge in [0.1, 0.15) is 0 Å². The van der Waals surface area contributed by atoms with Crippen molar-refractivity contribution in [2.24, 2.45) is 0 Å². The molecule has 1 heterocycles. The molecule has 1 aromatic rings. The molecule has 0 aliphatic rings. The van der Waals surface area contributed by atoms with Crippen LogP contribution in [0.4, 0.5) is 5.69 Å². The Balaban J connectivity index is 2.71. The van der Waals surface area contributed by atoms with Crippen molar-refractivity contribution in [3.8, 4) is 0 Å². The third kappa shape index (κ3) is 6.03. The monoisotopic (exact) mass is 264 g/mol. The Labute approximate surface area is 117 Å². The highest BCUT2D eigenvalue weighted by Crippen LogP contribution is 2.15. The lowest BCUT2D eigenvalue weighted by Gasteiger charge is -2.26. The molecule has 0 atom stereocenters. The number of anilines is 1. The summed E-state index contributed by atoms with van der Waals surface area (Å²) in [5, 5.41) is 3.32. The van der Waals surface area contributed by atoms with E-state index < -0.39 is 0 Å². The Kier molecular flexibility index (Phi) is 7.45. The molecule has 1 rings (SSSR count). The minimum Gasteiger partial charge on any atom is -0.370 e. The van der Waals surface area contributed by atoms with Crippen LogP contribution in [0, 0.1) is 0 Å². The number of rotatable bonds is 9. The van der Waals surface area contributed by atoms with E-state index in [0.29, 0.717) is 0 Å². The second-order valence-corrected chi connectivity index (χ2v) is 5.08. The second kappa shape index (κ2) is 8.88. The fourth-order valence-electron chi connectivity index (χ4n) is 1.97. The highest BCUT2D eigenvalue weighted by Gasteiger charge is 2.07. The zero-order valence-electron chi connectivity index (χ0n) is 12.8. The molecule has 0 aliphatic carbocycles. The maximum atomic E-state index is 4.42. The number of pyridine rings is 1. The summed E-state index contributed by atoms with van der Waals surface area (Å²) in [5.74, 6) is 0. The third-order valence-corrected chi connectivity index (χ3v) is 3.03. The number of aromatic nitrogens is 1. The van der Waals surface area contributed by atoms with Crippen molar-refractivity contribution in [2.45, 2.75) is 26.8 Å². The van der Waals surface area contributed by atoms with Crippen LogP contribution in [0.2, 0.25) is 0 Å². The highest BCUT2D eigenvalue weighted by molar-refractivity contribution is 5.46. The summed E-state index contributed by atoms with van der Waals surface area (Å²) in [7, 11) is 4.24. The lowest BCUT2D eigenvalue weighted by molar-refractivity contribution is 0.413. The number of hydrogen-bond donors (Lipinski definition) is 1. The van der Waals surface area contributed by atoms with Crippen LogP contribution in [0.5, 0.6) is 0 Å². The quantitative estimate of drug-likeness (QED) is 0.739. The normalized spacial score (nSPS) is 11.0. The minimum absolute atomic E-state index is 0.845. The lowest BCUT2D eigenvalue weighted by atomic mass is 10.2. The molecule has 0 aliphatic heterocycles. The van der Waals surface area contributed by atoms with E-state index in [9.17, 15) is 0 Å². The van der Waals surface area contributed by atoms with Crippen molar-refractivity contribution < 1.29 is 0 Å². The molecule has 0 saturated carbocycles. The first-order valence-electron chi connectivity index (χ1n) is 7.22. The van der Waals surface area contributed by atoms with Gasteiger partial charge in [-0.1, -0.05) is 13.8 Å². The number of nitrogens with one attached hydrogen (secondary N) is 1. The van der Waals surface area contributed by atoms with E-state index in [0.717, 1.165) is 44.8 Å². The zero-order valence-corrected chi connectivity index (χ0v) is 12.8. The molecule has 0 spiro atoms. The maximum Gasteiger partial charge on any atom is 0.0562 e. The van der Waals surface area contributed by atoms with E-state index in [1.807, 2.05) is 6.20 Å². The Morgan fingerprint density at radius 2 is 1.95 bits per heavy atom. The molecule has 0 radical (unpaired) electrons. The highest BCUT2D eigenvalue weighted by atomic mass is 15.2. The molecule has 0 bridgehead atoms. The van der Waals surface area contributed by atoms with Crippen LogP contribution in [0.1, 0.15) is 26.0 Å². The number of hydrogen-bond acceptors (Lipinski definition) is 4. The van der Waals surface area contributed by atoms with Gasteiger partial charge in [-0.3, -0.25) is 4.98 Å². The molecule has 0 unspecified atom stereocenters. The molecular formula is C15H28N4. The van der Waals surface area contributed by atoms with Crippen LogP contribution in [0.25, 0.3) is 0 Å². The van der Waals surface area contributed by atoms with Crippen molar-refractivity contribution in [3.63, 3.8) is 0 Å². The average molecular weight is 264 g/mol. The standard InChI is InChI=1S/C15H28N4/c1-5-9-19(11-10-18(3)4)15-7-8-17-14(12-15)13-16-6-2/h7-8,12,16H,5-6,9-11,13H2,1-4H3. The molecular weight excluding hydrogens is 236 g/mol. The van der Waals surface area contributed by atoms with Crippen LogP contribution in [-0.2, 0) is 6.54 Å². The fourth-order valence-corrected chi connectivity index (χ4v) is 1.97. The van der Waals surface area contributed by atoms with Gasteiger partial charge in [0, 0.05) is 38.1 Å². The molecule has 0 amide bonds. The van der Waals surface area contributed by atoms with Crippen LogP contribution < -0.4 is 10.2 Å². The van der Waals surface area contributed by atoms with Gasteiger partial charge in [-0.25, -0.2) is 0 Å². The number of nitrogens with zero attached hydrogens (tertiary/aromatic N) is 3. The van der Waals surface area contributed by atoms with Gasteiger partial charge in [0.25, 0.3) is 0 Å². The van der Waals surface area contributed by atoms with Gasteiger partial charge in [-0.15, -0.1) is 0 Å². The molecule has 1 aromatic heterocycles. The zero-order chi connectivity index (χ0) is 14.1. The van der Waals surface area contributed by atoms with Gasteiger partial charge in [0.05, 0.1) is 5.69 Å². The van der Waals surface area contributed by atoms with E-state index in [1.165, 1.54) is 5.69 Å². The number of likely N-dealkylation sites (N-methyl/N-ethyl adjacent to an activating group) is 1. The molecule has 4 nitrogen and oxygen atoms in total. The largest absolute Gasteiger partial charge is 0.370 e. The van der Waals surface area contributed by atoms with Crippen LogP contribution in [0.3, 0.4) is 0 Å². The Morgan fingerprint density at radius 3 is 2.58 bits per heavy atom. The van der Waals surface area contributed by atoms with Gasteiger partial charge >= 0.3 is 0 Å². The Bertz CT molecular complexity index is 352. The third-order valence-electron chi connectivity index (χ3n) is 3.03. The summed E-state index contributed by atoms with van der Waals surface area (Å²) in [4.78, 5) is 9.08. The van der Waals surface area contributed by atoms with Gasteiger partial charge in [0.15, 0.2) is 0 Å². The van der Waals surface area contributed by atoms with E-state index in [1.54, 1.807) is 0 Å². The molecule has 0 aromatic carbocycles. The minimum atomic E-state index is 0.845. The summed E-state index contributed by atoms with van der Waals surface area (Å²) >= 11 is 0. The predicted molar refractivity (Wildman–Crippen MR) is 82.7 cm³/mol. The van der Waals surface area contributed by atoms with E-state index in [-0.39, 0.29) is 0 Å². The van der Waals surface area contributed by atoms with Crippen LogP contribution in [-0.4, -0.2) is 50.2 Å². The summed E-state index contributed by atoms with van der Waals surface area (Å²) in [6.07, 6.45) is 3.08. The first-order chi connectivity index (χ1) is 9.17. The molecule has 1 N–H and O–H groups in total. The Hall–Kier alpha value is -1.13. The summed E-state index contributed by atoms with van der Waals surface area (Å²) in [6.45, 7) is 9.39. The smallest absolute Gasteiger partial charge is 0.0562 e. The Morgan fingerprint density at radius 1 is 1.16 bits per heavy atom. The van der Waals surface area contributed by atoms with Crippen molar-refractivity contribution in [2.75, 3.05) is 45.2 Å². The van der Waals surface area contributed by atoms with Crippen molar-refractivity contribution in [3.05, 3.63) is 24.0 Å². The molecule has 4 heteroatoms. The lowest BCUT2D eigenvalue weighted by Crippen LogP contribution is -2.32. The van der Waals surface area contributed by atoms with Crippen LogP contribution in [0.15, 0.2) is 18.3 Å². The van der Waals surface area contributed by atoms with E-state index >= 15 is 0 Å². The van der Waals surface area contributed by atoms with Crippen molar-refractivity contribution >= 4 is 5.69 Å². The summed E-state index contributed by atoms with van der Waals surface area (Å²) in [6, 6.07) is 4.31.